The summed E-state index contributed by atoms with van der Waals surface area (Å²) in [6, 6.07) is 0. The van der Waals surface area contributed by atoms with Gasteiger partial charge in [-0.1, -0.05) is 13.8 Å². The molecule has 0 aromatic carbocycles. The van der Waals surface area contributed by atoms with E-state index in [1.54, 1.807) is 0 Å². The van der Waals surface area contributed by atoms with E-state index >= 15 is 0 Å². The molecule has 0 bridgehead atoms. The highest BCUT2D eigenvalue weighted by Gasteiger charge is 2.07. The van der Waals surface area contributed by atoms with E-state index in [0.717, 1.165) is 17.6 Å². The Morgan fingerprint density at radius 2 is 1.87 bits per heavy atom. The molecule has 0 radical (unpaired) electrons. The van der Waals surface area contributed by atoms with Gasteiger partial charge in [-0.2, -0.15) is 0 Å². The summed E-state index contributed by atoms with van der Waals surface area (Å²) in [4.78, 5) is 11.2. The first-order valence-corrected chi connectivity index (χ1v) is 5.49. The Morgan fingerprint density at radius 1 is 1.27 bits per heavy atom. The largest absolute Gasteiger partial charge is 0.374 e. The minimum atomic E-state index is 0.0521. The summed E-state index contributed by atoms with van der Waals surface area (Å²) in [6.45, 7) is 6.69. The van der Waals surface area contributed by atoms with Crippen LogP contribution in [-0.2, 0) is 9.53 Å². The molecule has 0 aromatic rings. The van der Waals surface area contributed by atoms with E-state index in [1.165, 1.54) is 0 Å². The summed E-state index contributed by atoms with van der Waals surface area (Å²) in [5.74, 6) is 0.140. The van der Waals surface area contributed by atoms with Crippen molar-refractivity contribution in [3.8, 4) is 0 Å². The normalized spacial score (nSPS) is 11.9. The van der Waals surface area contributed by atoms with E-state index < -0.39 is 0 Å². The maximum Gasteiger partial charge on any atom is 0.222 e. The van der Waals surface area contributed by atoms with E-state index in [-0.39, 0.29) is 11.8 Å². The van der Waals surface area contributed by atoms with Gasteiger partial charge in [0.05, 0.1) is 34.4 Å². The lowest BCUT2D eigenvalue weighted by Gasteiger charge is -2.23. The second-order valence-corrected chi connectivity index (χ2v) is 5.07. The molecule has 0 saturated carbocycles. The molecule has 0 saturated heterocycles. The predicted octanol–water partition coefficient (Wildman–Crippen LogP) is 0.481. The van der Waals surface area contributed by atoms with Crippen molar-refractivity contribution in [1.82, 2.24) is 5.32 Å². The smallest absolute Gasteiger partial charge is 0.222 e. The van der Waals surface area contributed by atoms with Gasteiger partial charge in [-0.05, 0) is 0 Å². The van der Waals surface area contributed by atoms with Gasteiger partial charge in [-0.3, -0.25) is 4.79 Å². The summed E-state index contributed by atoms with van der Waals surface area (Å²) in [7, 11) is 6.39. The lowest BCUT2D eigenvalue weighted by Crippen LogP contribution is -2.38. The first-order chi connectivity index (χ1) is 6.83. The van der Waals surface area contributed by atoms with Crippen molar-refractivity contribution in [1.29, 1.82) is 0 Å². The molecule has 0 spiro atoms. The van der Waals surface area contributed by atoms with Crippen LogP contribution >= 0.6 is 0 Å². The van der Waals surface area contributed by atoms with Crippen LogP contribution in [0, 0.1) is 5.92 Å². The third-order valence-corrected chi connectivity index (χ3v) is 1.98. The van der Waals surface area contributed by atoms with Gasteiger partial charge >= 0.3 is 0 Å². The molecule has 0 aliphatic carbocycles. The third kappa shape index (κ3) is 9.69. The molecule has 4 heteroatoms. The van der Waals surface area contributed by atoms with Gasteiger partial charge < -0.3 is 14.5 Å². The molecule has 0 heterocycles. The number of ether oxygens (including phenoxy) is 1. The van der Waals surface area contributed by atoms with Gasteiger partial charge in [0.25, 0.3) is 0 Å². The average Bonchev–Trinajstić information content (AvgIpc) is 2.08. The van der Waals surface area contributed by atoms with Gasteiger partial charge in [0.1, 0.15) is 6.54 Å². The van der Waals surface area contributed by atoms with E-state index in [2.05, 4.69) is 26.5 Å². The van der Waals surface area contributed by atoms with Gasteiger partial charge in [0.15, 0.2) is 0 Å². The van der Waals surface area contributed by atoms with Crippen LogP contribution in [-0.4, -0.2) is 57.8 Å². The van der Waals surface area contributed by atoms with E-state index in [9.17, 15) is 4.79 Å². The summed E-state index contributed by atoms with van der Waals surface area (Å²) in [5, 5.41) is 2.81. The molecular weight excluding hydrogens is 192 g/mol. The number of hydrogen-bond donors (Lipinski definition) is 1. The second kappa shape index (κ2) is 6.80. The van der Waals surface area contributed by atoms with Gasteiger partial charge in [-0.25, -0.2) is 0 Å². The Labute approximate surface area is 93.2 Å². The quantitative estimate of drug-likeness (QED) is 0.497. The van der Waals surface area contributed by atoms with Crippen molar-refractivity contribution in [3.63, 3.8) is 0 Å². The zero-order valence-corrected chi connectivity index (χ0v) is 10.7. The standard InChI is InChI=1S/C11H24N2O2/c1-10(2)11(14)12-6-8-15-9-7-13(3,4)5/h10H,6-9H2,1-5H3/p+1. The number of carbonyl (C=O) groups is 1. The topological polar surface area (TPSA) is 38.3 Å². The molecule has 0 unspecified atom stereocenters. The Balaban J connectivity index is 3.30. The van der Waals surface area contributed by atoms with E-state index in [1.807, 2.05) is 13.8 Å². The van der Waals surface area contributed by atoms with Crippen LogP contribution in [0.5, 0.6) is 0 Å². The highest BCUT2D eigenvalue weighted by atomic mass is 16.5. The highest BCUT2D eigenvalue weighted by molar-refractivity contribution is 5.77. The first kappa shape index (κ1) is 14.4. The lowest BCUT2D eigenvalue weighted by molar-refractivity contribution is -0.870. The summed E-state index contributed by atoms with van der Waals surface area (Å²) in [5.41, 5.74) is 0. The molecular formula is C11H25N2O2+. The number of carbonyl (C=O) groups excluding carboxylic acids is 1. The van der Waals surface area contributed by atoms with Crippen molar-refractivity contribution >= 4 is 5.91 Å². The number of amides is 1. The average molecular weight is 217 g/mol. The highest BCUT2D eigenvalue weighted by Crippen LogP contribution is 1.91. The van der Waals surface area contributed by atoms with Crippen molar-refractivity contribution in [2.75, 3.05) is 47.4 Å². The van der Waals surface area contributed by atoms with Crippen LogP contribution in [0.3, 0.4) is 0 Å². The van der Waals surface area contributed by atoms with Crippen LogP contribution in [0.2, 0.25) is 0 Å². The fraction of sp³-hybridized carbons (Fsp3) is 0.909. The van der Waals surface area contributed by atoms with Crippen LogP contribution in [0.1, 0.15) is 13.8 Å². The second-order valence-electron chi connectivity index (χ2n) is 5.07. The number of hydrogen-bond acceptors (Lipinski definition) is 2. The summed E-state index contributed by atoms with van der Waals surface area (Å²) < 4.78 is 6.31. The van der Waals surface area contributed by atoms with E-state index in [0.29, 0.717) is 13.2 Å². The Kier molecular flexibility index (Phi) is 6.52. The first-order valence-electron chi connectivity index (χ1n) is 5.49. The summed E-state index contributed by atoms with van der Waals surface area (Å²) in [6.07, 6.45) is 0. The molecule has 4 nitrogen and oxygen atoms in total. The van der Waals surface area contributed by atoms with Crippen LogP contribution in [0.25, 0.3) is 0 Å². The minimum absolute atomic E-state index is 0.0521. The summed E-state index contributed by atoms with van der Waals surface area (Å²) >= 11 is 0. The molecule has 0 aromatic heterocycles. The number of nitrogens with one attached hydrogen (secondary N) is 1. The molecule has 0 atom stereocenters. The Hall–Kier alpha value is -0.610. The fourth-order valence-corrected chi connectivity index (χ4v) is 0.891. The van der Waals surface area contributed by atoms with Crippen molar-refractivity contribution < 1.29 is 14.0 Å². The number of quaternary nitrogens is 1. The molecule has 15 heavy (non-hydrogen) atoms. The fourth-order valence-electron chi connectivity index (χ4n) is 0.891. The molecule has 0 aliphatic heterocycles. The SMILES string of the molecule is CC(C)C(=O)NCCOCC[N+](C)(C)C. The number of likely N-dealkylation sites (N-methyl/N-ethyl adjacent to an activating group) is 1. The lowest BCUT2D eigenvalue weighted by atomic mass is 10.2. The monoisotopic (exact) mass is 217 g/mol. The molecule has 0 aliphatic rings. The van der Waals surface area contributed by atoms with Gasteiger partial charge in [-0.15, -0.1) is 0 Å². The van der Waals surface area contributed by atoms with Crippen LogP contribution < -0.4 is 5.32 Å². The third-order valence-electron chi connectivity index (χ3n) is 1.98. The zero-order valence-electron chi connectivity index (χ0n) is 10.7. The number of nitrogens with zero attached hydrogens (tertiary/aromatic N) is 1. The maximum absolute atomic E-state index is 11.2. The van der Waals surface area contributed by atoms with Crippen molar-refractivity contribution in [3.05, 3.63) is 0 Å². The van der Waals surface area contributed by atoms with Crippen LogP contribution in [0.15, 0.2) is 0 Å². The van der Waals surface area contributed by atoms with Crippen molar-refractivity contribution in [2.45, 2.75) is 13.8 Å². The minimum Gasteiger partial charge on any atom is -0.374 e. The molecule has 0 rings (SSSR count). The molecule has 0 fully saturated rings. The Bertz CT molecular complexity index is 186. The number of rotatable bonds is 7. The molecule has 1 amide bonds. The zero-order chi connectivity index (χ0) is 11.9. The maximum atomic E-state index is 11.2. The molecule has 90 valence electrons. The van der Waals surface area contributed by atoms with Gasteiger partial charge in [0.2, 0.25) is 5.91 Å². The Morgan fingerprint density at radius 3 is 2.33 bits per heavy atom. The van der Waals surface area contributed by atoms with Gasteiger partial charge in [0, 0.05) is 12.5 Å². The molecule has 1 N–H and O–H groups in total. The predicted molar refractivity (Wildman–Crippen MR) is 61.6 cm³/mol. The van der Waals surface area contributed by atoms with E-state index in [4.69, 9.17) is 4.74 Å². The van der Waals surface area contributed by atoms with Crippen molar-refractivity contribution in [2.24, 2.45) is 5.92 Å². The van der Waals surface area contributed by atoms with Crippen LogP contribution in [0.4, 0.5) is 0 Å².